The van der Waals surface area contributed by atoms with Crippen LogP contribution in [0.3, 0.4) is 0 Å². The Hall–Kier alpha value is -0.650. The number of fused-ring (bicyclic) bond motifs is 5. The summed E-state index contributed by atoms with van der Waals surface area (Å²) in [5, 5.41) is 26.6. The number of hydrogen-bond acceptors (Lipinski definition) is 5. The van der Waals surface area contributed by atoms with Gasteiger partial charge >= 0.3 is 0 Å². The van der Waals surface area contributed by atoms with E-state index in [1.54, 1.807) is 0 Å². The Kier molecular flexibility index (Phi) is 6.29. The highest BCUT2D eigenvalue weighted by Crippen LogP contribution is 2.69. The van der Waals surface area contributed by atoms with E-state index in [4.69, 9.17) is 4.84 Å². The van der Waals surface area contributed by atoms with Gasteiger partial charge in [0, 0.05) is 12.8 Å². The van der Waals surface area contributed by atoms with Crippen molar-refractivity contribution in [2.75, 3.05) is 27.2 Å². The molecule has 0 aromatic heterocycles. The van der Waals surface area contributed by atoms with Gasteiger partial charge in [-0.2, -0.15) is 0 Å². The van der Waals surface area contributed by atoms with Gasteiger partial charge in [-0.15, -0.1) is 0 Å². The molecule has 0 bridgehead atoms. The Morgan fingerprint density at radius 1 is 1.03 bits per heavy atom. The summed E-state index contributed by atoms with van der Waals surface area (Å²) in [4.78, 5) is 7.50. The van der Waals surface area contributed by atoms with Crippen molar-refractivity contribution in [2.45, 2.75) is 89.8 Å². The summed E-state index contributed by atoms with van der Waals surface area (Å²) < 4.78 is 0. The second-order valence-electron chi connectivity index (χ2n) is 11.7. The molecule has 0 saturated heterocycles. The van der Waals surface area contributed by atoms with Crippen molar-refractivity contribution in [3.05, 3.63) is 0 Å². The maximum atomic E-state index is 12.2. The van der Waals surface area contributed by atoms with Crippen molar-refractivity contribution in [1.82, 2.24) is 4.90 Å². The average molecular weight is 421 g/mol. The van der Waals surface area contributed by atoms with Gasteiger partial charge in [-0.3, -0.25) is 0 Å². The zero-order valence-corrected chi connectivity index (χ0v) is 19.6. The molecule has 0 aromatic carbocycles. The molecule has 0 spiro atoms. The minimum Gasteiger partial charge on any atom is -0.395 e. The van der Waals surface area contributed by atoms with Crippen LogP contribution in [-0.4, -0.2) is 60.3 Å². The summed E-state index contributed by atoms with van der Waals surface area (Å²) in [6, 6.07) is 0. The summed E-state index contributed by atoms with van der Waals surface area (Å²) in [7, 11) is 4.07. The highest BCUT2D eigenvalue weighted by Gasteiger charge is 2.66. The third kappa shape index (κ3) is 3.63. The molecule has 3 unspecified atom stereocenters. The molecule has 0 aliphatic heterocycles. The molecule has 4 fully saturated rings. The monoisotopic (exact) mass is 420 g/mol. The van der Waals surface area contributed by atoms with Gasteiger partial charge in [0.05, 0.1) is 11.7 Å². The summed E-state index contributed by atoms with van der Waals surface area (Å²) in [5.74, 6) is 2.16. The van der Waals surface area contributed by atoms with Crippen molar-refractivity contribution in [3.8, 4) is 0 Å². The van der Waals surface area contributed by atoms with Gasteiger partial charge in [0.1, 0.15) is 6.61 Å². The molecule has 0 amide bonds. The number of nitrogens with zero attached hydrogens (tertiary/aromatic N) is 2. The van der Waals surface area contributed by atoms with E-state index in [1.165, 1.54) is 12.8 Å². The molecule has 4 aliphatic rings. The molecule has 8 atom stereocenters. The van der Waals surface area contributed by atoms with Crippen LogP contribution in [0.5, 0.6) is 0 Å². The van der Waals surface area contributed by atoms with Crippen LogP contribution in [0.25, 0.3) is 0 Å². The van der Waals surface area contributed by atoms with E-state index in [0.717, 1.165) is 57.9 Å². The normalized spacial score (nSPS) is 48.4. The van der Waals surface area contributed by atoms with Crippen molar-refractivity contribution in [3.63, 3.8) is 0 Å². The Bertz CT molecular complexity index is 640. The highest BCUT2D eigenvalue weighted by atomic mass is 16.6. The second kappa shape index (κ2) is 8.37. The van der Waals surface area contributed by atoms with E-state index in [2.05, 4.69) is 23.9 Å². The first-order valence-electron chi connectivity index (χ1n) is 12.4. The SMILES string of the molecule is CN(C)CCON=CCC1CC[C@@]2(O)[C@@H]3CCC4CC(O)CC[C@]4(C)[C@@H]3CC[C@]12C. The molecule has 172 valence electrons. The molecule has 5 nitrogen and oxygen atoms in total. The van der Waals surface area contributed by atoms with Crippen LogP contribution in [0.1, 0.15) is 78.1 Å². The summed E-state index contributed by atoms with van der Waals surface area (Å²) in [6.45, 7) is 6.34. The molecule has 0 aromatic rings. The van der Waals surface area contributed by atoms with Crippen molar-refractivity contribution in [2.24, 2.45) is 39.7 Å². The smallest absolute Gasteiger partial charge is 0.129 e. The summed E-state index contributed by atoms with van der Waals surface area (Å²) >= 11 is 0. The maximum Gasteiger partial charge on any atom is 0.129 e. The molecule has 5 heteroatoms. The van der Waals surface area contributed by atoms with Gasteiger partial charge in [0.15, 0.2) is 0 Å². The van der Waals surface area contributed by atoms with Crippen molar-refractivity contribution >= 4 is 6.21 Å². The molecule has 30 heavy (non-hydrogen) atoms. The largest absolute Gasteiger partial charge is 0.395 e. The Morgan fingerprint density at radius 3 is 2.60 bits per heavy atom. The van der Waals surface area contributed by atoms with Crippen LogP contribution in [0, 0.1) is 34.5 Å². The minimum atomic E-state index is -0.537. The predicted octanol–water partition coefficient (Wildman–Crippen LogP) is 4.08. The average Bonchev–Trinajstić information content (AvgIpc) is 2.96. The quantitative estimate of drug-likeness (QED) is 0.386. The first-order valence-corrected chi connectivity index (χ1v) is 12.4. The fourth-order valence-corrected chi connectivity index (χ4v) is 8.19. The fourth-order valence-electron chi connectivity index (χ4n) is 8.19. The lowest BCUT2D eigenvalue weighted by Crippen LogP contribution is -2.62. The lowest BCUT2D eigenvalue weighted by atomic mass is 9.43. The second-order valence-corrected chi connectivity index (χ2v) is 11.7. The van der Waals surface area contributed by atoms with Crippen molar-refractivity contribution in [1.29, 1.82) is 0 Å². The summed E-state index contributed by atoms with van der Waals surface area (Å²) in [5.41, 5.74) is -0.246. The predicted molar refractivity (Wildman–Crippen MR) is 120 cm³/mol. The van der Waals surface area contributed by atoms with Crippen LogP contribution < -0.4 is 0 Å². The van der Waals surface area contributed by atoms with Crippen molar-refractivity contribution < 1.29 is 15.1 Å². The number of aliphatic hydroxyl groups is 2. The number of hydrogen-bond donors (Lipinski definition) is 2. The number of aliphatic hydroxyl groups excluding tert-OH is 1. The Balaban J connectivity index is 1.43. The summed E-state index contributed by atoms with van der Waals surface area (Å²) in [6.07, 6.45) is 12.5. The minimum absolute atomic E-state index is 0.0127. The van der Waals surface area contributed by atoms with Crippen LogP contribution in [0.15, 0.2) is 5.16 Å². The molecule has 4 rings (SSSR count). The van der Waals surface area contributed by atoms with Crippen LogP contribution in [-0.2, 0) is 4.84 Å². The molecular formula is C25H44N2O3. The van der Waals surface area contributed by atoms with Crippen LogP contribution >= 0.6 is 0 Å². The van der Waals surface area contributed by atoms with Gasteiger partial charge in [-0.1, -0.05) is 19.0 Å². The van der Waals surface area contributed by atoms with E-state index in [-0.39, 0.29) is 11.5 Å². The Morgan fingerprint density at radius 2 is 1.83 bits per heavy atom. The van der Waals surface area contributed by atoms with E-state index in [0.29, 0.717) is 35.7 Å². The van der Waals surface area contributed by atoms with E-state index < -0.39 is 5.60 Å². The molecule has 4 saturated carbocycles. The van der Waals surface area contributed by atoms with Gasteiger partial charge < -0.3 is 20.0 Å². The lowest BCUT2D eigenvalue weighted by Gasteiger charge is -2.63. The van der Waals surface area contributed by atoms with Gasteiger partial charge in [0.2, 0.25) is 0 Å². The number of rotatable bonds is 6. The van der Waals surface area contributed by atoms with Crippen LogP contribution in [0.2, 0.25) is 0 Å². The zero-order chi connectivity index (χ0) is 21.6. The first kappa shape index (κ1) is 22.5. The van der Waals surface area contributed by atoms with Gasteiger partial charge in [-0.25, -0.2) is 0 Å². The van der Waals surface area contributed by atoms with E-state index in [9.17, 15) is 10.2 Å². The zero-order valence-electron chi connectivity index (χ0n) is 19.6. The standard InChI is InChI=1S/C25H44N2O3/c1-23-11-8-20(28)17-19(23)5-6-22-21(23)9-12-24(2)18(7-13-25(22,24)29)10-14-26-30-16-15-27(3)4/h14,18-22,28-29H,5-13,15-17H2,1-4H3/t18?,19?,20?,21-,22-,23+,24-,25-/m1/s1. The third-order valence-corrected chi connectivity index (χ3v) is 10.2. The fraction of sp³-hybridized carbons (Fsp3) is 0.960. The molecule has 4 aliphatic carbocycles. The topological polar surface area (TPSA) is 65.3 Å². The molecule has 0 radical (unpaired) electrons. The Labute approximate surface area is 183 Å². The highest BCUT2D eigenvalue weighted by molar-refractivity contribution is 5.57. The number of likely N-dealkylation sites (N-methyl/N-ethyl adjacent to an activating group) is 1. The number of oxime groups is 1. The van der Waals surface area contributed by atoms with Crippen LogP contribution in [0.4, 0.5) is 0 Å². The molecule has 2 N–H and O–H groups in total. The van der Waals surface area contributed by atoms with E-state index in [1.807, 2.05) is 20.3 Å². The van der Waals surface area contributed by atoms with Gasteiger partial charge in [0.25, 0.3) is 0 Å². The maximum absolute atomic E-state index is 12.2. The van der Waals surface area contributed by atoms with Gasteiger partial charge in [-0.05, 0) is 113 Å². The first-order chi connectivity index (χ1) is 14.2. The van der Waals surface area contributed by atoms with E-state index >= 15 is 0 Å². The lowest BCUT2D eigenvalue weighted by molar-refractivity contribution is -0.209. The third-order valence-electron chi connectivity index (χ3n) is 10.2. The molecular weight excluding hydrogens is 376 g/mol. The molecule has 0 heterocycles.